The molecular formula is C29H31Cl2N9O4. The average Bonchev–Trinajstić information content (AvgIpc) is 3.43. The number of H-pyrrole nitrogens is 1. The molecule has 44 heavy (non-hydrogen) atoms. The third-order valence-corrected chi connectivity index (χ3v) is 8.72. The van der Waals surface area contributed by atoms with E-state index in [9.17, 15) is 19.5 Å². The fourth-order valence-corrected chi connectivity index (χ4v) is 6.14. The average molecular weight is 641 g/mol. The number of benzene rings is 2. The summed E-state index contributed by atoms with van der Waals surface area (Å²) in [6.45, 7) is 0.254. The summed E-state index contributed by atoms with van der Waals surface area (Å²) in [5.74, 6) is -2.13. The number of aromatic nitrogens is 2. The van der Waals surface area contributed by atoms with Crippen molar-refractivity contribution in [3.05, 3.63) is 62.8 Å². The Morgan fingerprint density at radius 1 is 1.27 bits per heavy atom. The van der Waals surface area contributed by atoms with Crippen LogP contribution in [0.1, 0.15) is 44.7 Å². The summed E-state index contributed by atoms with van der Waals surface area (Å²) in [4.78, 5) is 46.5. The number of guanidine groups is 1. The van der Waals surface area contributed by atoms with Crippen LogP contribution in [0.25, 0.3) is 10.9 Å². The van der Waals surface area contributed by atoms with E-state index in [1.165, 1.54) is 0 Å². The Hall–Kier alpha value is -4.38. The third-order valence-electron chi connectivity index (χ3n) is 8.00. The van der Waals surface area contributed by atoms with E-state index in [0.29, 0.717) is 35.7 Å². The van der Waals surface area contributed by atoms with Gasteiger partial charge in [-0.1, -0.05) is 29.3 Å². The van der Waals surface area contributed by atoms with E-state index in [1.54, 1.807) is 35.5 Å². The van der Waals surface area contributed by atoms with Crippen molar-refractivity contribution in [2.45, 2.75) is 43.9 Å². The maximum atomic E-state index is 13.3. The first-order valence-electron chi connectivity index (χ1n) is 13.9. The first-order valence-corrected chi connectivity index (χ1v) is 14.7. The van der Waals surface area contributed by atoms with Crippen LogP contribution in [0.15, 0.2) is 35.5 Å². The van der Waals surface area contributed by atoms with Crippen molar-refractivity contribution in [2.24, 2.45) is 4.99 Å². The summed E-state index contributed by atoms with van der Waals surface area (Å²) >= 11 is 13.2. The van der Waals surface area contributed by atoms with Gasteiger partial charge in [0.1, 0.15) is 6.04 Å². The summed E-state index contributed by atoms with van der Waals surface area (Å²) in [5.41, 5.74) is 2.58. The lowest BCUT2D eigenvalue weighted by molar-refractivity contribution is -0.138. The first-order chi connectivity index (χ1) is 21.0. The summed E-state index contributed by atoms with van der Waals surface area (Å²) in [6.07, 6.45) is 5.55. The molecule has 5 N–H and O–H groups in total. The standard InChI is InChI=1S/C29H31Cl2N9O4/c1-39(2)19-9-18(10-19)36-29(34-14-32)33-12-23(28(43)44)37-26(41)24-21(30)7-17-13-40(6-5-20(17)25(24)31)27(42)15-3-4-16-11-35-38-22(16)8-15/h3-4,7-8,11,18-19,23H,5-6,9-10,12-13H2,1-2H3,(H,35,38)(H,37,41)(H,43,44)(H2,33,34,36). The van der Waals surface area contributed by atoms with Gasteiger partial charge in [0.15, 0.2) is 6.19 Å². The minimum atomic E-state index is -1.42. The van der Waals surface area contributed by atoms with Crippen molar-refractivity contribution in [3.8, 4) is 6.19 Å². The Balaban J connectivity index is 1.27. The highest BCUT2D eigenvalue weighted by molar-refractivity contribution is 6.40. The Kier molecular flexibility index (Phi) is 9.24. The zero-order chi connectivity index (χ0) is 31.5. The predicted molar refractivity (Wildman–Crippen MR) is 165 cm³/mol. The quantitative estimate of drug-likeness (QED) is 0.107. The van der Waals surface area contributed by atoms with E-state index in [1.807, 2.05) is 20.2 Å². The van der Waals surface area contributed by atoms with Crippen LogP contribution in [-0.4, -0.2) is 94.2 Å². The van der Waals surface area contributed by atoms with Crippen LogP contribution in [0.3, 0.4) is 0 Å². The number of carbonyl (C=O) groups excluding carboxylic acids is 2. The van der Waals surface area contributed by atoms with Gasteiger partial charge >= 0.3 is 5.97 Å². The number of halogens is 2. The number of nitriles is 1. The molecule has 2 heterocycles. The second-order valence-corrected chi connectivity index (χ2v) is 11.8. The molecule has 1 aliphatic carbocycles. The number of aromatic amines is 1. The summed E-state index contributed by atoms with van der Waals surface area (Å²) in [6, 6.07) is 5.98. The molecule has 1 fully saturated rings. The monoisotopic (exact) mass is 639 g/mol. The van der Waals surface area contributed by atoms with Crippen LogP contribution >= 0.6 is 23.2 Å². The van der Waals surface area contributed by atoms with E-state index in [2.05, 4.69) is 36.0 Å². The number of amides is 2. The molecule has 15 heteroatoms. The Morgan fingerprint density at radius 3 is 2.75 bits per heavy atom. The van der Waals surface area contributed by atoms with Gasteiger partial charge in [0, 0.05) is 36.1 Å². The zero-order valence-corrected chi connectivity index (χ0v) is 25.5. The molecule has 13 nitrogen and oxygen atoms in total. The van der Waals surface area contributed by atoms with Gasteiger partial charge in [0.05, 0.1) is 33.9 Å². The van der Waals surface area contributed by atoms with Gasteiger partial charge in [-0.3, -0.25) is 20.0 Å². The molecule has 2 amide bonds. The van der Waals surface area contributed by atoms with E-state index in [-0.39, 0.29) is 46.6 Å². The summed E-state index contributed by atoms with van der Waals surface area (Å²) < 4.78 is 0. The first kappa shape index (κ1) is 31.1. The lowest BCUT2D eigenvalue weighted by Crippen LogP contribution is -2.54. The minimum absolute atomic E-state index is 0.0287. The van der Waals surface area contributed by atoms with Crippen molar-refractivity contribution >= 4 is 57.8 Å². The van der Waals surface area contributed by atoms with Crippen LogP contribution in [-0.2, 0) is 17.8 Å². The number of nitrogens with zero attached hydrogens (tertiary/aromatic N) is 5. The van der Waals surface area contributed by atoms with Gasteiger partial charge in [-0.05, 0) is 62.7 Å². The molecule has 2 aromatic carbocycles. The number of carboxylic acids is 1. The highest BCUT2D eigenvalue weighted by Gasteiger charge is 2.32. The maximum absolute atomic E-state index is 13.3. The van der Waals surface area contributed by atoms with Gasteiger partial charge < -0.3 is 25.5 Å². The molecule has 1 atom stereocenters. The summed E-state index contributed by atoms with van der Waals surface area (Å²) in [7, 11) is 3.98. The molecule has 3 aromatic rings. The molecule has 0 radical (unpaired) electrons. The Labute approximate surface area is 263 Å². The van der Waals surface area contributed by atoms with Crippen molar-refractivity contribution in [2.75, 3.05) is 27.2 Å². The number of nitrogens with one attached hydrogen (secondary N) is 4. The predicted octanol–water partition coefficient (Wildman–Crippen LogP) is 2.36. The van der Waals surface area contributed by atoms with Crippen molar-refractivity contribution in [3.63, 3.8) is 0 Å². The molecule has 0 spiro atoms. The topological polar surface area (TPSA) is 179 Å². The van der Waals surface area contributed by atoms with Gasteiger partial charge in [-0.2, -0.15) is 10.4 Å². The largest absolute Gasteiger partial charge is 0.480 e. The lowest BCUT2D eigenvalue weighted by atomic mass is 9.86. The maximum Gasteiger partial charge on any atom is 0.328 e. The fraction of sp³-hybridized carbons (Fsp3) is 0.379. The van der Waals surface area contributed by atoms with Gasteiger partial charge in [-0.25, -0.2) is 9.79 Å². The van der Waals surface area contributed by atoms with Gasteiger partial charge in [0.25, 0.3) is 11.8 Å². The second kappa shape index (κ2) is 13.1. The van der Waals surface area contributed by atoms with E-state index in [4.69, 9.17) is 28.5 Å². The highest BCUT2D eigenvalue weighted by atomic mass is 35.5. The normalized spacial score (nSPS) is 18.6. The number of fused-ring (bicyclic) bond motifs is 2. The number of rotatable bonds is 8. The Morgan fingerprint density at radius 2 is 2.05 bits per heavy atom. The molecular weight excluding hydrogens is 609 g/mol. The molecule has 2 aliphatic rings. The lowest BCUT2D eigenvalue weighted by Gasteiger charge is -2.40. The van der Waals surface area contributed by atoms with Crippen LogP contribution in [0.2, 0.25) is 10.0 Å². The molecule has 1 aliphatic heterocycles. The number of hydrogen-bond acceptors (Lipinski definition) is 7. The Bertz CT molecular complexity index is 1680. The van der Waals surface area contributed by atoms with E-state index in [0.717, 1.165) is 23.7 Å². The van der Waals surface area contributed by atoms with Crippen molar-refractivity contribution in [1.82, 2.24) is 35.9 Å². The summed E-state index contributed by atoms with van der Waals surface area (Å²) in [5, 5.41) is 34.8. The number of hydrogen-bond donors (Lipinski definition) is 5. The number of carbonyl (C=O) groups is 3. The molecule has 0 bridgehead atoms. The number of aliphatic imine (C=N–C) groups is 1. The van der Waals surface area contributed by atoms with Crippen molar-refractivity contribution < 1.29 is 19.5 Å². The van der Waals surface area contributed by atoms with Crippen LogP contribution in [0, 0.1) is 11.5 Å². The minimum Gasteiger partial charge on any atom is -0.480 e. The van der Waals surface area contributed by atoms with Gasteiger partial charge in [0.2, 0.25) is 5.96 Å². The van der Waals surface area contributed by atoms with Crippen molar-refractivity contribution in [1.29, 1.82) is 5.26 Å². The third kappa shape index (κ3) is 6.57. The number of aliphatic carboxylic acids is 1. The van der Waals surface area contributed by atoms with E-state index < -0.39 is 17.9 Å². The zero-order valence-electron chi connectivity index (χ0n) is 24.0. The van der Waals surface area contributed by atoms with Crippen LogP contribution in [0.4, 0.5) is 0 Å². The molecule has 5 rings (SSSR count). The molecule has 230 valence electrons. The second-order valence-electron chi connectivity index (χ2n) is 11.1. The SMILES string of the molecule is CN(C)C1CC(NC(=NCC(NC(=O)c2c(Cl)cc3c(c2Cl)CCN(C(=O)c2ccc4cn[nH]c4c2)C3)C(=O)O)NC#N)C1. The van der Waals surface area contributed by atoms with E-state index >= 15 is 0 Å². The van der Waals surface area contributed by atoms with Crippen LogP contribution in [0.5, 0.6) is 0 Å². The molecule has 1 aromatic heterocycles. The highest BCUT2D eigenvalue weighted by Crippen LogP contribution is 2.35. The molecule has 1 saturated carbocycles. The number of carboxylic acid groups (broad SMARTS) is 1. The smallest absolute Gasteiger partial charge is 0.328 e. The van der Waals surface area contributed by atoms with Gasteiger partial charge in [-0.15, -0.1) is 0 Å². The fourth-order valence-electron chi connectivity index (χ4n) is 5.38. The van der Waals surface area contributed by atoms with Crippen LogP contribution < -0.4 is 16.0 Å². The molecule has 1 unspecified atom stereocenters. The molecule has 0 saturated heterocycles.